The molecule has 0 bridgehead atoms. The van der Waals surface area contributed by atoms with Gasteiger partial charge in [-0.3, -0.25) is 4.79 Å². The fourth-order valence-electron chi connectivity index (χ4n) is 2.52. The van der Waals surface area contributed by atoms with Crippen LogP contribution in [-0.2, 0) is 32.7 Å². The summed E-state index contributed by atoms with van der Waals surface area (Å²) in [6.07, 6.45) is 0. The first kappa shape index (κ1) is 24.6. The van der Waals surface area contributed by atoms with E-state index in [1.165, 1.54) is 6.07 Å². The van der Waals surface area contributed by atoms with Gasteiger partial charge in [0, 0.05) is 38.5 Å². The molecule has 0 aliphatic carbocycles. The predicted octanol–water partition coefficient (Wildman–Crippen LogP) is 4.76. The molecule has 0 aromatic heterocycles. The van der Waals surface area contributed by atoms with Crippen LogP contribution < -0.4 is 15.4 Å². The molecule has 3 aromatic carbocycles. The maximum Gasteiger partial charge on any atom is 0.257 e. The van der Waals surface area contributed by atoms with Crippen molar-refractivity contribution in [2.45, 2.75) is 6.92 Å². The maximum absolute atomic E-state index is 13.7. The number of aromatic hydroxyl groups is 1. The topological polar surface area (TPSA) is 70.6 Å². The summed E-state index contributed by atoms with van der Waals surface area (Å²) in [5.41, 5.74) is 0.104. The average molecular weight is 508 g/mol. The zero-order chi connectivity index (χ0) is 21.8. The molecule has 10 heteroatoms. The van der Waals surface area contributed by atoms with E-state index in [2.05, 4.69) is 16.7 Å². The zero-order valence-corrected chi connectivity index (χ0v) is 18.9. The molecule has 3 N–H and O–H groups in total. The van der Waals surface area contributed by atoms with Crippen LogP contribution in [-0.4, -0.2) is 17.7 Å². The molecule has 0 atom stereocenters. The molecule has 0 saturated heterocycles. The molecule has 1 amide bonds. The Kier molecular flexibility index (Phi) is 8.41. The van der Waals surface area contributed by atoms with Crippen molar-refractivity contribution in [1.29, 1.82) is 0 Å². The maximum atomic E-state index is 13.7. The van der Waals surface area contributed by atoms with E-state index in [9.17, 15) is 27.5 Å². The summed E-state index contributed by atoms with van der Waals surface area (Å²) in [5, 5.41) is 15.0. The molecule has 3 aromatic rings. The molecule has 0 unspecified atom stereocenters. The Morgan fingerprint density at radius 2 is 1.84 bits per heavy atom. The minimum Gasteiger partial charge on any atom is -0.531 e. The number of carbonyl (C=O) groups is 1. The van der Waals surface area contributed by atoms with Crippen LogP contribution in [0.2, 0.25) is 0 Å². The van der Waals surface area contributed by atoms with Crippen molar-refractivity contribution in [3.8, 4) is 11.5 Å². The second-order valence-electron chi connectivity index (χ2n) is 6.23. The summed E-state index contributed by atoms with van der Waals surface area (Å²) in [7, 11) is 0. The van der Waals surface area contributed by atoms with Crippen molar-refractivity contribution in [1.82, 2.24) is 0 Å². The van der Waals surface area contributed by atoms with Gasteiger partial charge in [-0.05, 0) is 36.4 Å². The van der Waals surface area contributed by atoms with Gasteiger partial charge in [0.2, 0.25) is 0 Å². The first-order chi connectivity index (χ1) is 14.3. The number of phenols is 1. The number of benzene rings is 3. The molecule has 1 radical (unpaired) electrons. The number of nitrogens with one attached hydrogen (secondary N) is 2. The second-order valence-corrected chi connectivity index (χ2v) is 6.23. The molecular weight excluding hydrogens is 493 g/mol. The van der Waals surface area contributed by atoms with Crippen LogP contribution in [0, 0.1) is 36.3 Å². The first-order valence-electron chi connectivity index (χ1n) is 8.58. The van der Waals surface area contributed by atoms with E-state index in [-0.39, 0.29) is 62.6 Å². The fraction of sp³-hybridized carbons (Fsp3) is 0.0952. The van der Waals surface area contributed by atoms with Crippen molar-refractivity contribution >= 4 is 17.3 Å². The smallest absolute Gasteiger partial charge is 0.257 e. The molecule has 31 heavy (non-hydrogen) atoms. The summed E-state index contributed by atoms with van der Waals surface area (Å²) in [4.78, 5) is 12.1. The summed E-state index contributed by atoms with van der Waals surface area (Å²) in [6, 6.07) is 12.5. The van der Waals surface area contributed by atoms with Gasteiger partial charge >= 0.3 is 0 Å². The number of hydrogen-bond acceptors (Lipinski definition) is 4. The summed E-state index contributed by atoms with van der Waals surface area (Å²) < 4.78 is 58.8. The Hall–Kier alpha value is -2.65. The number of halogens is 4. The van der Waals surface area contributed by atoms with Gasteiger partial charge in [-0.2, -0.15) is 6.07 Å². The third-order valence-electron chi connectivity index (χ3n) is 4.02. The average Bonchev–Trinajstić information content (AvgIpc) is 2.70. The minimum absolute atomic E-state index is 0. The van der Waals surface area contributed by atoms with Crippen molar-refractivity contribution in [2.75, 3.05) is 17.4 Å². The normalized spacial score (nSPS) is 10.2. The Morgan fingerprint density at radius 1 is 1.10 bits per heavy atom. The third-order valence-corrected chi connectivity index (χ3v) is 4.02. The van der Waals surface area contributed by atoms with Crippen LogP contribution >= 0.6 is 0 Å². The van der Waals surface area contributed by atoms with Crippen LogP contribution in [0.25, 0.3) is 0 Å². The molecule has 3 rings (SSSR count). The van der Waals surface area contributed by atoms with Gasteiger partial charge in [0.15, 0.2) is 23.3 Å². The Balaban J connectivity index is 0.00000341. The molecule has 0 heterocycles. The Morgan fingerprint density at radius 3 is 2.52 bits per heavy atom. The van der Waals surface area contributed by atoms with E-state index in [0.717, 1.165) is 11.6 Å². The van der Waals surface area contributed by atoms with E-state index in [1.807, 2.05) is 25.1 Å². The SMILES string of the molecule is Cc1cccc(OCNc2c[c-]c(NC(=O)c3cc(F)c(F)c(F)c3F)cc2O)c1.[Y]. The van der Waals surface area contributed by atoms with Crippen molar-refractivity contribution < 1.29 is 64.9 Å². The van der Waals surface area contributed by atoms with Crippen molar-refractivity contribution in [3.05, 3.63) is 82.9 Å². The van der Waals surface area contributed by atoms with Crippen LogP contribution in [0.4, 0.5) is 28.9 Å². The predicted molar refractivity (Wildman–Crippen MR) is 101 cm³/mol. The standard InChI is InChI=1S/C21H15F4N2O3.Y/c1-11-3-2-4-13(7-11)30-10-26-16-6-5-12(8-17(16)28)27-21(29)14-9-15(22)19(24)20(25)18(14)23;/h2-4,6-9,26,28H,10H2,1H3,(H,27,29);/q-1;. The number of hydrogen-bond donors (Lipinski definition) is 3. The molecule has 0 aliphatic heterocycles. The number of aryl methyl sites for hydroxylation is 1. The van der Waals surface area contributed by atoms with Crippen LogP contribution in [0.1, 0.15) is 15.9 Å². The molecular formula is C21H15F4N2O3Y-. The van der Waals surface area contributed by atoms with Crippen molar-refractivity contribution in [2.24, 2.45) is 0 Å². The number of carbonyl (C=O) groups excluding carboxylic acids is 1. The van der Waals surface area contributed by atoms with Crippen LogP contribution in [0.5, 0.6) is 11.5 Å². The summed E-state index contributed by atoms with van der Waals surface area (Å²) in [5.74, 6) is -8.58. The van der Waals surface area contributed by atoms with E-state index < -0.39 is 34.7 Å². The monoisotopic (exact) mass is 508 g/mol. The van der Waals surface area contributed by atoms with Gasteiger partial charge < -0.3 is 20.5 Å². The number of amides is 1. The number of anilines is 2. The molecule has 0 spiro atoms. The summed E-state index contributed by atoms with van der Waals surface area (Å²) >= 11 is 0. The minimum atomic E-state index is -2.10. The van der Waals surface area contributed by atoms with E-state index in [0.29, 0.717) is 5.75 Å². The van der Waals surface area contributed by atoms with Crippen LogP contribution in [0.15, 0.2) is 42.5 Å². The van der Waals surface area contributed by atoms with E-state index in [4.69, 9.17) is 4.74 Å². The van der Waals surface area contributed by atoms with Gasteiger partial charge in [-0.15, -0.1) is 12.1 Å². The molecule has 5 nitrogen and oxygen atoms in total. The number of ether oxygens (including phenoxy) is 1. The van der Waals surface area contributed by atoms with Gasteiger partial charge in [0.25, 0.3) is 5.91 Å². The van der Waals surface area contributed by atoms with Crippen LogP contribution in [0.3, 0.4) is 0 Å². The number of rotatable bonds is 6. The first-order valence-corrected chi connectivity index (χ1v) is 8.58. The summed E-state index contributed by atoms with van der Waals surface area (Å²) in [6.45, 7) is 1.94. The second kappa shape index (κ2) is 10.6. The zero-order valence-electron chi connectivity index (χ0n) is 16.1. The van der Waals surface area contributed by atoms with E-state index >= 15 is 0 Å². The van der Waals surface area contributed by atoms with Crippen molar-refractivity contribution in [3.63, 3.8) is 0 Å². The van der Waals surface area contributed by atoms with E-state index in [1.54, 1.807) is 6.07 Å². The molecule has 0 saturated carbocycles. The molecule has 0 aliphatic rings. The molecule has 159 valence electrons. The third kappa shape index (κ3) is 5.95. The fourth-order valence-corrected chi connectivity index (χ4v) is 2.52. The Bertz CT molecular complexity index is 1110. The van der Waals surface area contributed by atoms with Gasteiger partial charge in [0.1, 0.15) is 12.5 Å². The largest absolute Gasteiger partial charge is 0.531 e. The van der Waals surface area contributed by atoms with Gasteiger partial charge in [-0.25, -0.2) is 17.6 Å². The van der Waals surface area contributed by atoms with Gasteiger partial charge in [-0.1, -0.05) is 17.8 Å². The van der Waals surface area contributed by atoms with Gasteiger partial charge in [0.05, 0.1) is 5.56 Å². The quantitative estimate of drug-likeness (QED) is 0.112. The molecule has 0 fully saturated rings. The Labute approximate surface area is 200 Å². The number of phenolic OH excluding ortho intramolecular Hbond substituents is 1.